The molecule has 0 N–H and O–H groups in total. The maximum atomic E-state index is 5.38. The first-order valence-corrected chi connectivity index (χ1v) is 6.22. The SMILES string of the molecule is C1=Cc2ccccc2C1.CCCCCCl. The van der Waals surface area contributed by atoms with Crippen molar-refractivity contribution in [2.24, 2.45) is 0 Å². The van der Waals surface area contributed by atoms with E-state index in [1.165, 1.54) is 30.4 Å². The summed E-state index contributed by atoms with van der Waals surface area (Å²) in [5, 5.41) is 0. The van der Waals surface area contributed by atoms with E-state index < -0.39 is 0 Å². The number of alkyl halides is 1. The highest BCUT2D eigenvalue weighted by atomic mass is 35.5. The molecule has 1 aromatic rings. The molecule has 0 saturated heterocycles. The smallest absolute Gasteiger partial charge is 0.0223 e. The molecular formula is C14H19Cl. The van der Waals surface area contributed by atoms with Gasteiger partial charge in [0.2, 0.25) is 0 Å². The molecule has 1 aromatic carbocycles. The topological polar surface area (TPSA) is 0 Å². The van der Waals surface area contributed by atoms with Gasteiger partial charge in [0.1, 0.15) is 0 Å². The van der Waals surface area contributed by atoms with Crippen LogP contribution in [0.5, 0.6) is 0 Å². The van der Waals surface area contributed by atoms with E-state index >= 15 is 0 Å². The fourth-order valence-corrected chi connectivity index (χ4v) is 1.73. The molecule has 0 spiro atoms. The Morgan fingerprint density at radius 1 is 1.20 bits per heavy atom. The van der Waals surface area contributed by atoms with Gasteiger partial charge in [-0.2, -0.15) is 0 Å². The van der Waals surface area contributed by atoms with E-state index in [0.29, 0.717) is 0 Å². The minimum atomic E-state index is 0.827. The average molecular weight is 223 g/mol. The molecule has 82 valence electrons. The number of hydrogen-bond donors (Lipinski definition) is 0. The van der Waals surface area contributed by atoms with Gasteiger partial charge in [-0.1, -0.05) is 56.2 Å². The second-order valence-electron chi connectivity index (χ2n) is 3.70. The molecule has 0 bridgehead atoms. The summed E-state index contributed by atoms with van der Waals surface area (Å²) in [7, 11) is 0. The summed E-state index contributed by atoms with van der Waals surface area (Å²) in [5.41, 5.74) is 2.84. The highest BCUT2D eigenvalue weighted by Crippen LogP contribution is 2.17. The monoisotopic (exact) mass is 222 g/mol. The molecule has 0 fully saturated rings. The largest absolute Gasteiger partial charge is 0.127 e. The molecule has 0 saturated carbocycles. The van der Waals surface area contributed by atoms with Gasteiger partial charge in [0.15, 0.2) is 0 Å². The number of hydrogen-bond acceptors (Lipinski definition) is 0. The van der Waals surface area contributed by atoms with E-state index in [9.17, 15) is 0 Å². The summed E-state index contributed by atoms with van der Waals surface area (Å²) in [6.07, 6.45) is 9.23. The Balaban J connectivity index is 0.000000167. The molecule has 0 heterocycles. The van der Waals surface area contributed by atoms with E-state index in [-0.39, 0.29) is 0 Å². The summed E-state index contributed by atoms with van der Waals surface area (Å²) in [6.45, 7) is 2.17. The zero-order valence-corrected chi connectivity index (χ0v) is 10.1. The lowest BCUT2D eigenvalue weighted by atomic mass is 10.1. The Kier molecular flexibility index (Phi) is 6.18. The van der Waals surface area contributed by atoms with Crippen LogP contribution in [0.25, 0.3) is 6.08 Å². The lowest BCUT2D eigenvalue weighted by Gasteiger charge is -1.93. The molecule has 0 amide bonds. The normalized spacial score (nSPS) is 11.9. The van der Waals surface area contributed by atoms with Gasteiger partial charge in [-0.3, -0.25) is 0 Å². The van der Waals surface area contributed by atoms with Crippen molar-refractivity contribution in [3.8, 4) is 0 Å². The molecule has 1 heteroatoms. The molecule has 0 atom stereocenters. The predicted octanol–water partition coefficient (Wildman–Crippen LogP) is 4.67. The van der Waals surface area contributed by atoms with Crippen molar-refractivity contribution in [1.29, 1.82) is 0 Å². The van der Waals surface area contributed by atoms with Crippen molar-refractivity contribution in [3.05, 3.63) is 41.5 Å². The Bertz CT molecular complexity index is 298. The van der Waals surface area contributed by atoms with E-state index in [1.54, 1.807) is 0 Å². The molecule has 0 nitrogen and oxygen atoms in total. The zero-order chi connectivity index (χ0) is 10.9. The van der Waals surface area contributed by atoms with Gasteiger partial charge >= 0.3 is 0 Å². The van der Waals surface area contributed by atoms with Gasteiger partial charge in [0.25, 0.3) is 0 Å². The Morgan fingerprint density at radius 3 is 2.60 bits per heavy atom. The van der Waals surface area contributed by atoms with Crippen molar-refractivity contribution in [2.45, 2.75) is 32.6 Å². The Labute approximate surface area is 98.0 Å². The number of benzene rings is 1. The molecule has 1 aliphatic rings. The predicted molar refractivity (Wildman–Crippen MR) is 69.4 cm³/mol. The number of halogens is 1. The molecule has 0 radical (unpaired) electrons. The van der Waals surface area contributed by atoms with Crippen LogP contribution >= 0.6 is 11.6 Å². The van der Waals surface area contributed by atoms with Crippen molar-refractivity contribution in [2.75, 3.05) is 5.88 Å². The van der Waals surface area contributed by atoms with Gasteiger partial charge in [0.05, 0.1) is 0 Å². The summed E-state index contributed by atoms with van der Waals surface area (Å²) >= 11 is 5.38. The second kappa shape index (κ2) is 7.53. The minimum Gasteiger partial charge on any atom is -0.127 e. The second-order valence-corrected chi connectivity index (χ2v) is 4.08. The molecule has 1 aliphatic carbocycles. The highest BCUT2D eigenvalue weighted by molar-refractivity contribution is 6.17. The summed E-state index contributed by atoms with van der Waals surface area (Å²) < 4.78 is 0. The van der Waals surface area contributed by atoms with Crippen molar-refractivity contribution in [3.63, 3.8) is 0 Å². The van der Waals surface area contributed by atoms with Crippen LogP contribution < -0.4 is 0 Å². The van der Waals surface area contributed by atoms with Crippen LogP contribution in [0.15, 0.2) is 30.3 Å². The zero-order valence-electron chi connectivity index (χ0n) is 9.38. The third kappa shape index (κ3) is 4.53. The van der Waals surface area contributed by atoms with Gasteiger partial charge in [-0.05, 0) is 24.0 Å². The van der Waals surface area contributed by atoms with Crippen LogP contribution in [0.3, 0.4) is 0 Å². The fraction of sp³-hybridized carbons (Fsp3) is 0.429. The van der Waals surface area contributed by atoms with Gasteiger partial charge in [0, 0.05) is 5.88 Å². The van der Waals surface area contributed by atoms with Crippen LogP contribution in [-0.2, 0) is 6.42 Å². The molecule has 0 aliphatic heterocycles. The summed E-state index contributed by atoms with van der Waals surface area (Å²) in [5.74, 6) is 0.827. The number of fused-ring (bicyclic) bond motifs is 1. The third-order valence-electron chi connectivity index (χ3n) is 2.43. The average Bonchev–Trinajstić information content (AvgIpc) is 2.75. The lowest BCUT2D eigenvalue weighted by molar-refractivity contribution is 0.776. The van der Waals surface area contributed by atoms with Crippen LogP contribution in [0.1, 0.15) is 37.3 Å². The van der Waals surface area contributed by atoms with E-state index in [2.05, 4.69) is 43.3 Å². The first-order chi connectivity index (χ1) is 7.38. The molecule has 0 unspecified atom stereocenters. The van der Waals surface area contributed by atoms with Gasteiger partial charge in [-0.15, -0.1) is 11.6 Å². The molecule has 0 aromatic heterocycles. The fourth-order valence-electron chi connectivity index (χ4n) is 1.54. The summed E-state index contributed by atoms with van der Waals surface area (Å²) in [6, 6.07) is 8.49. The van der Waals surface area contributed by atoms with E-state index in [1.807, 2.05) is 0 Å². The standard InChI is InChI=1S/C9H8.C5H11Cl/c1-2-5-9-7-3-6-8(9)4-1;1-2-3-4-5-6/h1-6H,7H2;2-5H2,1H3. The first kappa shape index (κ1) is 12.3. The number of rotatable bonds is 3. The number of allylic oxidation sites excluding steroid dienone is 1. The van der Waals surface area contributed by atoms with Gasteiger partial charge < -0.3 is 0 Å². The quantitative estimate of drug-likeness (QED) is 0.515. The minimum absolute atomic E-state index is 0.827. The molecule has 2 rings (SSSR count). The van der Waals surface area contributed by atoms with Crippen LogP contribution in [0.2, 0.25) is 0 Å². The molecule has 15 heavy (non-hydrogen) atoms. The van der Waals surface area contributed by atoms with Crippen molar-refractivity contribution in [1.82, 2.24) is 0 Å². The Hall–Kier alpha value is -0.750. The van der Waals surface area contributed by atoms with E-state index in [0.717, 1.165) is 12.3 Å². The maximum absolute atomic E-state index is 5.38. The Morgan fingerprint density at radius 2 is 2.00 bits per heavy atom. The lowest BCUT2D eigenvalue weighted by Crippen LogP contribution is -1.76. The van der Waals surface area contributed by atoms with E-state index in [4.69, 9.17) is 11.6 Å². The maximum Gasteiger partial charge on any atom is 0.0223 e. The molecular weight excluding hydrogens is 204 g/mol. The van der Waals surface area contributed by atoms with Crippen LogP contribution in [-0.4, -0.2) is 5.88 Å². The van der Waals surface area contributed by atoms with Crippen LogP contribution in [0.4, 0.5) is 0 Å². The number of unbranched alkanes of at least 4 members (excludes halogenated alkanes) is 2. The third-order valence-corrected chi connectivity index (χ3v) is 2.69. The van der Waals surface area contributed by atoms with Crippen molar-refractivity contribution >= 4 is 17.7 Å². The van der Waals surface area contributed by atoms with Crippen LogP contribution in [0, 0.1) is 0 Å². The highest BCUT2D eigenvalue weighted by Gasteiger charge is 2.00. The summed E-state index contributed by atoms with van der Waals surface area (Å²) in [4.78, 5) is 0. The van der Waals surface area contributed by atoms with Gasteiger partial charge in [-0.25, -0.2) is 0 Å². The van der Waals surface area contributed by atoms with Crippen molar-refractivity contribution < 1.29 is 0 Å². The first-order valence-electron chi connectivity index (χ1n) is 5.69.